The Hall–Kier alpha value is -0.910. The van der Waals surface area contributed by atoms with Crippen LogP contribution in [0.25, 0.3) is 0 Å². The molecule has 2 atom stereocenters. The highest BCUT2D eigenvalue weighted by Gasteiger charge is 2.14. The van der Waals surface area contributed by atoms with Crippen molar-refractivity contribution in [3.05, 3.63) is 21.9 Å². The minimum Gasteiger partial charge on any atom is -0.466 e. The van der Waals surface area contributed by atoms with Crippen molar-refractivity contribution >= 4 is 17.3 Å². The van der Waals surface area contributed by atoms with Gasteiger partial charge in [-0.05, 0) is 32.9 Å². The number of hydrogen-bond donors (Lipinski definition) is 2. The Morgan fingerprint density at radius 2 is 2.28 bits per heavy atom. The summed E-state index contributed by atoms with van der Waals surface area (Å²) >= 11 is 1.73. The third-order valence-electron chi connectivity index (χ3n) is 2.56. The Bertz CT molecular complexity index is 378. The van der Waals surface area contributed by atoms with Gasteiger partial charge in [0, 0.05) is 22.3 Å². The van der Waals surface area contributed by atoms with E-state index in [-0.39, 0.29) is 18.4 Å². The summed E-state index contributed by atoms with van der Waals surface area (Å²) < 4.78 is 4.78. The summed E-state index contributed by atoms with van der Waals surface area (Å²) in [6.07, 6.45) is -0.663. The van der Waals surface area contributed by atoms with Gasteiger partial charge in [-0.15, -0.1) is 11.3 Å². The van der Waals surface area contributed by atoms with Crippen LogP contribution in [0.2, 0.25) is 0 Å². The van der Waals surface area contributed by atoms with Crippen LogP contribution >= 0.6 is 11.3 Å². The van der Waals surface area contributed by atoms with Gasteiger partial charge in [0.2, 0.25) is 0 Å². The summed E-state index contributed by atoms with van der Waals surface area (Å²) in [5, 5.41) is 12.9. The van der Waals surface area contributed by atoms with Crippen molar-refractivity contribution in [2.24, 2.45) is 0 Å². The molecule has 4 nitrogen and oxygen atoms in total. The van der Waals surface area contributed by atoms with Crippen molar-refractivity contribution in [2.75, 3.05) is 13.2 Å². The highest BCUT2D eigenvalue weighted by molar-refractivity contribution is 7.12. The summed E-state index contributed by atoms with van der Waals surface area (Å²) in [6, 6.07) is 4.34. The van der Waals surface area contributed by atoms with Crippen LogP contribution in [0.1, 0.15) is 36.1 Å². The van der Waals surface area contributed by atoms with Crippen molar-refractivity contribution in [1.29, 1.82) is 0 Å². The third kappa shape index (κ3) is 5.16. The molecule has 2 N–H and O–H groups in total. The van der Waals surface area contributed by atoms with Crippen molar-refractivity contribution in [2.45, 2.75) is 39.3 Å². The fraction of sp³-hybridized carbons (Fsp3) is 0.615. The van der Waals surface area contributed by atoms with Crippen LogP contribution in [0.15, 0.2) is 12.1 Å². The third-order valence-corrected chi connectivity index (χ3v) is 3.74. The largest absolute Gasteiger partial charge is 0.466 e. The van der Waals surface area contributed by atoms with Gasteiger partial charge in [0.15, 0.2) is 0 Å². The SMILES string of the molecule is CCOC(=O)CC(O)CNC(C)c1ccc(C)s1. The summed E-state index contributed by atoms with van der Waals surface area (Å²) in [4.78, 5) is 13.7. The van der Waals surface area contributed by atoms with Gasteiger partial charge in [0.25, 0.3) is 0 Å². The lowest BCUT2D eigenvalue weighted by molar-refractivity contribution is -0.145. The van der Waals surface area contributed by atoms with Crippen molar-refractivity contribution in [3.63, 3.8) is 0 Å². The van der Waals surface area contributed by atoms with Crippen LogP contribution in [0.4, 0.5) is 0 Å². The van der Waals surface area contributed by atoms with Gasteiger partial charge in [-0.1, -0.05) is 0 Å². The Morgan fingerprint density at radius 1 is 1.56 bits per heavy atom. The number of hydrogen-bond acceptors (Lipinski definition) is 5. The highest BCUT2D eigenvalue weighted by atomic mass is 32.1. The molecule has 5 heteroatoms. The molecule has 0 aliphatic heterocycles. The number of aliphatic hydroxyl groups excluding tert-OH is 1. The minimum absolute atomic E-state index is 0.0387. The second-order valence-corrected chi connectivity index (χ2v) is 5.56. The van der Waals surface area contributed by atoms with Crippen LogP contribution in [0.3, 0.4) is 0 Å². The molecule has 18 heavy (non-hydrogen) atoms. The predicted molar refractivity (Wildman–Crippen MR) is 72.7 cm³/mol. The van der Waals surface area contributed by atoms with Gasteiger partial charge < -0.3 is 15.2 Å². The Morgan fingerprint density at radius 3 is 2.83 bits per heavy atom. The molecule has 1 rings (SSSR count). The van der Waals surface area contributed by atoms with Crippen molar-refractivity contribution < 1.29 is 14.6 Å². The Balaban J connectivity index is 2.29. The number of aryl methyl sites for hydroxylation is 1. The van der Waals surface area contributed by atoms with E-state index in [1.807, 2.05) is 6.92 Å². The maximum Gasteiger partial charge on any atom is 0.308 e. The lowest BCUT2D eigenvalue weighted by Crippen LogP contribution is -2.30. The quantitative estimate of drug-likeness (QED) is 0.745. The van der Waals surface area contributed by atoms with Crippen LogP contribution in [0.5, 0.6) is 0 Å². The number of thiophene rings is 1. The standard InChI is InChI=1S/C13H21NO3S/c1-4-17-13(16)7-11(15)8-14-10(3)12-6-5-9(2)18-12/h5-6,10-11,14-15H,4,7-8H2,1-3H3. The summed E-state index contributed by atoms with van der Waals surface area (Å²) in [5.41, 5.74) is 0. The van der Waals surface area contributed by atoms with Crippen LogP contribution in [-0.4, -0.2) is 30.3 Å². The van der Waals surface area contributed by atoms with E-state index in [2.05, 4.69) is 24.4 Å². The van der Waals surface area contributed by atoms with Gasteiger partial charge in [0.05, 0.1) is 19.1 Å². The summed E-state index contributed by atoms with van der Waals surface area (Å²) in [7, 11) is 0. The van der Waals surface area contributed by atoms with Gasteiger partial charge in [-0.2, -0.15) is 0 Å². The molecule has 0 saturated heterocycles. The predicted octanol–water partition coefficient (Wildman–Crippen LogP) is 2.02. The molecule has 0 amide bonds. The van der Waals surface area contributed by atoms with E-state index in [1.54, 1.807) is 18.3 Å². The fourth-order valence-electron chi connectivity index (χ4n) is 1.58. The number of nitrogens with one attached hydrogen (secondary N) is 1. The zero-order valence-electron chi connectivity index (χ0n) is 11.1. The summed E-state index contributed by atoms with van der Waals surface area (Å²) in [5.74, 6) is -0.355. The average Bonchev–Trinajstić information content (AvgIpc) is 2.73. The number of ether oxygens (including phenoxy) is 1. The van der Waals surface area contributed by atoms with Gasteiger partial charge in [-0.3, -0.25) is 4.79 Å². The highest BCUT2D eigenvalue weighted by Crippen LogP contribution is 2.22. The Labute approximate surface area is 112 Å². The Kier molecular flexibility index (Phi) is 6.32. The normalized spacial score (nSPS) is 14.2. The van der Waals surface area contributed by atoms with Crippen LogP contribution in [0, 0.1) is 6.92 Å². The first kappa shape index (κ1) is 15.1. The molecule has 0 aliphatic rings. The number of carbonyl (C=O) groups excluding carboxylic acids is 1. The number of rotatable bonds is 7. The van der Waals surface area contributed by atoms with Gasteiger partial charge in [0.1, 0.15) is 0 Å². The zero-order chi connectivity index (χ0) is 13.5. The van der Waals surface area contributed by atoms with E-state index in [0.717, 1.165) is 0 Å². The molecule has 0 saturated carbocycles. The minimum atomic E-state index is -0.701. The van der Waals surface area contributed by atoms with E-state index < -0.39 is 6.10 Å². The van der Waals surface area contributed by atoms with Gasteiger partial charge >= 0.3 is 5.97 Å². The first-order chi connectivity index (χ1) is 8.52. The molecule has 0 fully saturated rings. The maximum absolute atomic E-state index is 11.2. The summed E-state index contributed by atoms with van der Waals surface area (Å²) in [6.45, 7) is 6.60. The number of carbonyl (C=O) groups is 1. The molecule has 102 valence electrons. The topological polar surface area (TPSA) is 58.6 Å². The van der Waals surface area contributed by atoms with E-state index in [9.17, 15) is 9.90 Å². The molecular formula is C13H21NO3S. The molecule has 1 aromatic heterocycles. The van der Waals surface area contributed by atoms with E-state index in [1.165, 1.54) is 9.75 Å². The molecule has 0 radical (unpaired) electrons. The molecular weight excluding hydrogens is 250 g/mol. The molecule has 0 aliphatic carbocycles. The molecule has 2 unspecified atom stereocenters. The van der Waals surface area contributed by atoms with Crippen LogP contribution < -0.4 is 5.32 Å². The lowest BCUT2D eigenvalue weighted by Gasteiger charge is -2.15. The smallest absolute Gasteiger partial charge is 0.308 e. The van der Waals surface area contributed by atoms with E-state index in [4.69, 9.17) is 4.74 Å². The number of aliphatic hydroxyl groups is 1. The van der Waals surface area contributed by atoms with E-state index >= 15 is 0 Å². The molecule has 1 heterocycles. The van der Waals surface area contributed by atoms with Crippen molar-refractivity contribution in [3.8, 4) is 0 Å². The monoisotopic (exact) mass is 271 g/mol. The maximum atomic E-state index is 11.2. The fourth-order valence-corrected chi connectivity index (χ4v) is 2.49. The second-order valence-electron chi connectivity index (χ2n) is 4.24. The first-order valence-electron chi connectivity index (χ1n) is 6.16. The second kappa shape index (κ2) is 7.51. The molecule has 0 aromatic carbocycles. The van der Waals surface area contributed by atoms with Crippen molar-refractivity contribution in [1.82, 2.24) is 5.32 Å². The zero-order valence-corrected chi connectivity index (χ0v) is 11.9. The first-order valence-corrected chi connectivity index (χ1v) is 6.98. The van der Waals surface area contributed by atoms with Crippen LogP contribution in [-0.2, 0) is 9.53 Å². The average molecular weight is 271 g/mol. The molecule has 0 spiro atoms. The molecule has 1 aromatic rings. The van der Waals surface area contributed by atoms with Gasteiger partial charge in [-0.25, -0.2) is 0 Å². The lowest BCUT2D eigenvalue weighted by atomic mass is 10.2. The van der Waals surface area contributed by atoms with E-state index in [0.29, 0.717) is 13.2 Å². The number of esters is 1. The molecule has 0 bridgehead atoms.